The zero-order chi connectivity index (χ0) is 10.4. The normalized spacial score (nSPS) is 19.1. The predicted molar refractivity (Wildman–Crippen MR) is 59.0 cm³/mol. The maximum Gasteiger partial charge on any atom is 0.246 e. The van der Waals surface area contributed by atoms with Gasteiger partial charge in [-0.3, -0.25) is 4.79 Å². The second-order valence-corrected chi connectivity index (χ2v) is 4.06. The van der Waals surface area contributed by atoms with E-state index in [1.54, 1.807) is 6.08 Å². The fourth-order valence-corrected chi connectivity index (χ4v) is 2.10. The van der Waals surface area contributed by atoms with Gasteiger partial charge in [0.15, 0.2) is 0 Å². The molecule has 0 N–H and O–H groups in total. The van der Waals surface area contributed by atoms with Crippen molar-refractivity contribution in [2.24, 2.45) is 5.92 Å². The van der Waals surface area contributed by atoms with E-state index in [1.165, 1.54) is 25.7 Å². The topological polar surface area (TPSA) is 20.3 Å². The smallest absolute Gasteiger partial charge is 0.246 e. The van der Waals surface area contributed by atoms with Crippen molar-refractivity contribution in [2.75, 3.05) is 13.1 Å². The number of hydrogen-bond acceptors (Lipinski definition) is 1. The van der Waals surface area contributed by atoms with E-state index in [2.05, 4.69) is 6.92 Å². The first-order valence-corrected chi connectivity index (χ1v) is 5.69. The number of nitrogens with zero attached hydrogens (tertiary/aromatic N) is 1. The lowest BCUT2D eigenvalue weighted by Crippen LogP contribution is -2.37. The van der Waals surface area contributed by atoms with Gasteiger partial charge in [-0.25, -0.2) is 0 Å². The van der Waals surface area contributed by atoms with Gasteiger partial charge >= 0.3 is 0 Å². The van der Waals surface area contributed by atoms with Crippen molar-refractivity contribution in [1.82, 2.24) is 4.90 Å². The molecular weight excluding hydrogens is 174 g/mol. The van der Waals surface area contributed by atoms with Gasteiger partial charge in [0.1, 0.15) is 0 Å². The highest BCUT2D eigenvalue weighted by Crippen LogP contribution is 2.21. The molecule has 1 saturated heterocycles. The van der Waals surface area contributed by atoms with E-state index in [4.69, 9.17) is 0 Å². The lowest BCUT2D eigenvalue weighted by molar-refractivity contribution is -0.127. The molecule has 0 aromatic carbocycles. The molecule has 0 aromatic rings. The summed E-state index contributed by atoms with van der Waals surface area (Å²) in [5, 5.41) is 0. The molecule has 14 heavy (non-hydrogen) atoms. The third-order valence-corrected chi connectivity index (χ3v) is 2.93. The summed E-state index contributed by atoms with van der Waals surface area (Å²) < 4.78 is 0. The molecule has 0 aromatic heterocycles. The molecule has 1 rings (SSSR count). The Morgan fingerprint density at radius 1 is 1.43 bits per heavy atom. The minimum absolute atomic E-state index is 0.183. The maximum absolute atomic E-state index is 11.5. The van der Waals surface area contributed by atoms with E-state index in [1.807, 2.05) is 17.9 Å². The number of piperidine rings is 1. The van der Waals surface area contributed by atoms with E-state index in [0.717, 1.165) is 19.0 Å². The van der Waals surface area contributed by atoms with Crippen LogP contribution in [0.5, 0.6) is 0 Å². The number of likely N-dealkylation sites (tertiary alicyclic amines) is 1. The molecular formula is C12H21NO. The third kappa shape index (κ3) is 3.17. The van der Waals surface area contributed by atoms with Crippen LogP contribution in [0.1, 0.15) is 39.5 Å². The molecule has 0 aliphatic carbocycles. The van der Waals surface area contributed by atoms with Crippen LogP contribution in [0.15, 0.2) is 12.2 Å². The van der Waals surface area contributed by atoms with Gasteiger partial charge in [-0.05, 0) is 31.8 Å². The molecule has 1 aliphatic rings. The Bertz CT molecular complexity index is 202. The third-order valence-electron chi connectivity index (χ3n) is 2.93. The van der Waals surface area contributed by atoms with Crippen LogP contribution in [-0.4, -0.2) is 23.9 Å². The number of hydrogen-bond donors (Lipinski definition) is 0. The molecule has 0 spiro atoms. The van der Waals surface area contributed by atoms with Crippen molar-refractivity contribution in [2.45, 2.75) is 39.5 Å². The van der Waals surface area contributed by atoms with Crippen LogP contribution in [0.2, 0.25) is 0 Å². The van der Waals surface area contributed by atoms with Crippen LogP contribution in [0, 0.1) is 5.92 Å². The molecule has 0 saturated carbocycles. The summed E-state index contributed by atoms with van der Waals surface area (Å²) in [5.74, 6) is 1.04. The lowest BCUT2D eigenvalue weighted by Gasteiger charge is -2.31. The van der Waals surface area contributed by atoms with Gasteiger partial charge in [0.05, 0.1) is 0 Å². The molecule has 1 amide bonds. The van der Waals surface area contributed by atoms with Gasteiger partial charge in [-0.2, -0.15) is 0 Å². The lowest BCUT2D eigenvalue weighted by atomic mass is 9.92. The van der Waals surface area contributed by atoms with E-state index in [0.29, 0.717) is 0 Å². The fourth-order valence-electron chi connectivity index (χ4n) is 2.10. The quantitative estimate of drug-likeness (QED) is 0.634. The van der Waals surface area contributed by atoms with Crippen LogP contribution in [-0.2, 0) is 4.79 Å². The van der Waals surface area contributed by atoms with E-state index in [9.17, 15) is 4.79 Å². The summed E-state index contributed by atoms with van der Waals surface area (Å²) in [5.41, 5.74) is 0. The summed E-state index contributed by atoms with van der Waals surface area (Å²) in [6, 6.07) is 0. The van der Waals surface area contributed by atoms with Crippen molar-refractivity contribution >= 4 is 5.91 Å². The van der Waals surface area contributed by atoms with Gasteiger partial charge in [-0.1, -0.05) is 25.8 Å². The molecule has 1 fully saturated rings. The molecule has 0 bridgehead atoms. The standard InChI is InChI=1S/C12H21NO/c1-3-5-11-7-9-13(10-8-11)12(14)6-4-2/h4,6,11H,3,5,7-10H2,1-2H3/b6-4+. The Hall–Kier alpha value is -0.790. The van der Waals surface area contributed by atoms with Gasteiger partial charge in [0.25, 0.3) is 0 Å². The highest BCUT2D eigenvalue weighted by Gasteiger charge is 2.20. The van der Waals surface area contributed by atoms with Gasteiger partial charge in [0, 0.05) is 13.1 Å². The second kappa shape index (κ2) is 5.84. The van der Waals surface area contributed by atoms with Crippen molar-refractivity contribution in [1.29, 1.82) is 0 Å². The molecule has 2 nitrogen and oxygen atoms in total. The van der Waals surface area contributed by atoms with Crippen LogP contribution < -0.4 is 0 Å². The molecule has 0 radical (unpaired) electrons. The minimum atomic E-state index is 0.183. The Morgan fingerprint density at radius 2 is 2.07 bits per heavy atom. The summed E-state index contributed by atoms with van der Waals surface area (Å²) in [4.78, 5) is 13.5. The highest BCUT2D eigenvalue weighted by molar-refractivity contribution is 5.87. The van der Waals surface area contributed by atoms with Crippen LogP contribution in [0.25, 0.3) is 0 Å². The first-order valence-electron chi connectivity index (χ1n) is 5.69. The Morgan fingerprint density at radius 3 is 2.57 bits per heavy atom. The zero-order valence-electron chi connectivity index (χ0n) is 9.33. The molecule has 0 unspecified atom stereocenters. The molecule has 1 heterocycles. The monoisotopic (exact) mass is 195 g/mol. The first-order chi connectivity index (χ1) is 6.77. The van der Waals surface area contributed by atoms with Crippen molar-refractivity contribution in [3.63, 3.8) is 0 Å². The molecule has 2 heteroatoms. The number of allylic oxidation sites excluding steroid dienone is 1. The Labute approximate surface area is 87.0 Å². The van der Waals surface area contributed by atoms with Gasteiger partial charge in [0.2, 0.25) is 5.91 Å². The van der Waals surface area contributed by atoms with E-state index in [-0.39, 0.29) is 5.91 Å². The number of amides is 1. The number of carbonyl (C=O) groups excluding carboxylic acids is 1. The first kappa shape index (κ1) is 11.3. The van der Waals surface area contributed by atoms with Crippen molar-refractivity contribution in [3.8, 4) is 0 Å². The second-order valence-electron chi connectivity index (χ2n) is 4.06. The molecule has 1 aliphatic heterocycles. The van der Waals surface area contributed by atoms with Crippen LogP contribution >= 0.6 is 0 Å². The van der Waals surface area contributed by atoms with Crippen LogP contribution in [0.3, 0.4) is 0 Å². The summed E-state index contributed by atoms with van der Waals surface area (Å²) in [7, 11) is 0. The van der Waals surface area contributed by atoms with Crippen LogP contribution in [0.4, 0.5) is 0 Å². The molecule has 0 atom stereocenters. The Kier molecular flexibility index (Phi) is 4.71. The largest absolute Gasteiger partial charge is 0.339 e. The Balaban J connectivity index is 2.31. The van der Waals surface area contributed by atoms with Gasteiger partial charge < -0.3 is 4.90 Å². The number of carbonyl (C=O) groups is 1. The van der Waals surface area contributed by atoms with Gasteiger partial charge in [-0.15, -0.1) is 0 Å². The van der Waals surface area contributed by atoms with E-state index < -0.39 is 0 Å². The highest BCUT2D eigenvalue weighted by atomic mass is 16.2. The van der Waals surface area contributed by atoms with Crippen molar-refractivity contribution < 1.29 is 4.79 Å². The summed E-state index contributed by atoms with van der Waals surface area (Å²) in [6.45, 7) is 6.03. The van der Waals surface area contributed by atoms with E-state index >= 15 is 0 Å². The maximum atomic E-state index is 11.5. The average molecular weight is 195 g/mol. The predicted octanol–water partition coefficient (Wildman–Crippen LogP) is 2.60. The molecule has 80 valence electrons. The number of rotatable bonds is 3. The SMILES string of the molecule is C/C=C/C(=O)N1CCC(CCC)CC1. The zero-order valence-corrected chi connectivity index (χ0v) is 9.33. The summed E-state index contributed by atoms with van der Waals surface area (Å²) in [6.07, 6.45) is 8.47. The average Bonchev–Trinajstić information content (AvgIpc) is 2.20. The summed E-state index contributed by atoms with van der Waals surface area (Å²) >= 11 is 0. The fraction of sp³-hybridized carbons (Fsp3) is 0.750. The minimum Gasteiger partial charge on any atom is -0.339 e. The van der Waals surface area contributed by atoms with Crippen molar-refractivity contribution in [3.05, 3.63) is 12.2 Å².